The molecule has 120 valence electrons. The van der Waals surface area contributed by atoms with Gasteiger partial charge in [0.2, 0.25) is 5.95 Å². The first-order chi connectivity index (χ1) is 11.2. The van der Waals surface area contributed by atoms with Crippen molar-refractivity contribution in [3.63, 3.8) is 0 Å². The molecule has 0 unspecified atom stereocenters. The predicted octanol–water partition coefficient (Wildman–Crippen LogP) is 1.23. The second-order valence-electron chi connectivity index (χ2n) is 5.27. The van der Waals surface area contributed by atoms with Gasteiger partial charge in [-0.15, -0.1) is 0 Å². The number of anilines is 1. The van der Waals surface area contributed by atoms with E-state index >= 15 is 0 Å². The fourth-order valence-corrected chi connectivity index (χ4v) is 2.43. The van der Waals surface area contributed by atoms with Gasteiger partial charge in [0.25, 0.3) is 5.56 Å². The molecular weight excluding hydrogens is 296 g/mol. The summed E-state index contributed by atoms with van der Waals surface area (Å²) in [7, 11) is 0. The van der Waals surface area contributed by atoms with Crippen molar-refractivity contribution in [2.75, 3.05) is 31.1 Å². The molecule has 7 heteroatoms. The molecule has 2 heterocycles. The minimum absolute atomic E-state index is 0.181. The van der Waals surface area contributed by atoms with Crippen LogP contribution in [0.3, 0.4) is 0 Å². The van der Waals surface area contributed by atoms with Crippen LogP contribution < -0.4 is 10.5 Å². The number of hydrogen-bond donors (Lipinski definition) is 1. The Balaban J connectivity index is 1.50. The molecule has 3 rings (SSSR count). The zero-order valence-corrected chi connectivity index (χ0v) is 12.6. The lowest BCUT2D eigenvalue weighted by Gasteiger charge is -2.34. The number of carbonyl (C=O) groups excluding carboxylic acids is 1. The van der Waals surface area contributed by atoms with Gasteiger partial charge in [-0.1, -0.05) is 30.3 Å². The number of piperazine rings is 1. The van der Waals surface area contributed by atoms with Crippen LogP contribution in [0.2, 0.25) is 0 Å². The van der Waals surface area contributed by atoms with E-state index in [1.807, 2.05) is 35.2 Å². The van der Waals surface area contributed by atoms with Crippen molar-refractivity contribution < 1.29 is 9.53 Å². The van der Waals surface area contributed by atoms with Crippen LogP contribution in [0.5, 0.6) is 0 Å². The number of aromatic nitrogens is 2. The minimum atomic E-state index is -0.317. The van der Waals surface area contributed by atoms with Crippen molar-refractivity contribution in [3.05, 3.63) is 58.5 Å². The van der Waals surface area contributed by atoms with Crippen LogP contribution >= 0.6 is 0 Å². The predicted molar refractivity (Wildman–Crippen MR) is 85.3 cm³/mol. The highest BCUT2D eigenvalue weighted by Gasteiger charge is 2.23. The van der Waals surface area contributed by atoms with E-state index < -0.39 is 0 Å². The zero-order valence-electron chi connectivity index (χ0n) is 12.6. The number of rotatable bonds is 3. The number of hydrogen-bond acceptors (Lipinski definition) is 5. The number of H-pyrrole nitrogens is 1. The fraction of sp³-hybridized carbons (Fsp3) is 0.312. The molecule has 1 aromatic heterocycles. The standard InChI is InChI=1S/C16H18N4O3/c21-14-6-7-17-15(18-14)19-8-10-20(11-9-19)16(22)23-12-13-4-2-1-3-5-13/h1-7H,8-12H2,(H,17,18,21). The summed E-state index contributed by atoms with van der Waals surface area (Å²) in [6.45, 7) is 2.55. The number of nitrogens with one attached hydrogen (secondary N) is 1. The molecule has 23 heavy (non-hydrogen) atoms. The van der Waals surface area contributed by atoms with Crippen LogP contribution in [-0.4, -0.2) is 47.1 Å². The molecule has 0 atom stereocenters. The average molecular weight is 314 g/mol. The first kappa shape index (κ1) is 15.1. The highest BCUT2D eigenvalue weighted by Crippen LogP contribution is 2.10. The Morgan fingerprint density at radius 3 is 2.57 bits per heavy atom. The monoisotopic (exact) mass is 314 g/mol. The number of carbonyl (C=O) groups is 1. The van der Waals surface area contributed by atoms with E-state index in [-0.39, 0.29) is 18.3 Å². The number of nitrogens with zero attached hydrogens (tertiary/aromatic N) is 3. The summed E-state index contributed by atoms with van der Waals surface area (Å²) in [5, 5.41) is 0. The van der Waals surface area contributed by atoms with E-state index in [1.165, 1.54) is 12.3 Å². The zero-order chi connectivity index (χ0) is 16.1. The number of ether oxygens (including phenoxy) is 1. The van der Waals surface area contributed by atoms with Gasteiger partial charge in [0, 0.05) is 38.4 Å². The van der Waals surface area contributed by atoms with E-state index in [2.05, 4.69) is 9.97 Å². The van der Waals surface area contributed by atoms with Gasteiger partial charge in [0.1, 0.15) is 6.61 Å². The van der Waals surface area contributed by atoms with Gasteiger partial charge in [-0.25, -0.2) is 9.78 Å². The van der Waals surface area contributed by atoms with Crippen LogP contribution in [-0.2, 0) is 11.3 Å². The summed E-state index contributed by atoms with van der Waals surface area (Å²) in [5.74, 6) is 0.537. The van der Waals surface area contributed by atoms with Gasteiger partial charge >= 0.3 is 6.09 Å². The summed E-state index contributed by atoms with van der Waals surface area (Å²) >= 11 is 0. The summed E-state index contributed by atoms with van der Waals surface area (Å²) in [4.78, 5) is 33.9. The van der Waals surface area contributed by atoms with E-state index in [9.17, 15) is 9.59 Å². The summed E-state index contributed by atoms with van der Waals surface area (Å²) in [5.41, 5.74) is 0.783. The molecule has 1 aliphatic heterocycles. The molecule has 1 amide bonds. The van der Waals surface area contributed by atoms with Crippen molar-refractivity contribution in [2.24, 2.45) is 0 Å². The van der Waals surface area contributed by atoms with Crippen LogP contribution in [0.15, 0.2) is 47.4 Å². The molecule has 0 aliphatic carbocycles. The molecule has 1 aromatic carbocycles. The highest BCUT2D eigenvalue weighted by molar-refractivity contribution is 5.68. The Morgan fingerprint density at radius 2 is 1.87 bits per heavy atom. The molecule has 0 radical (unpaired) electrons. The number of amides is 1. The average Bonchev–Trinajstić information content (AvgIpc) is 2.61. The third-order valence-corrected chi connectivity index (χ3v) is 3.70. The van der Waals surface area contributed by atoms with Crippen LogP contribution in [0.4, 0.5) is 10.7 Å². The van der Waals surface area contributed by atoms with Gasteiger partial charge < -0.3 is 14.5 Å². The second-order valence-corrected chi connectivity index (χ2v) is 5.27. The summed E-state index contributed by atoms with van der Waals surface area (Å²) < 4.78 is 5.32. The van der Waals surface area contributed by atoms with Crippen molar-refractivity contribution in [1.29, 1.82) is 0 Å². The lowest BCUT2D eigenvalue weighted by Crippen LogP contribution is -2.49. The first-order valence-electron chi connectivity index (χ1n) is 7.48. The van der Waals surface area contributed by atoms with Crippen LogP contribution in [0, 0.1) is 0 Å². The third-order valence-electron chi connectivity index (χ3n) is 3.70. The van der Waals surface area contributed by atoms with E-state index in [0.29, 0.717) is 32.1 Å². The molecule has 1 saturated heterocycles. The Labute approximate surface area is 133 Å². The quantitative estimate of drug-likeness (QED) is 0.922. The lowest BCUT2D eigenvalue weighted by molar-refractivity contribution is 0.0940. The van der Waals surface area contributed by atoms with Crippen LogP contribution in [0.1, 0.15) is 5.56 Å². The van der Waals surface area contributed by atoms with Crippen molar-refractivity contribution >= 4 is 12.0 Å². The Morgan fingerprint density at radius 1 is 1.13 bits per heavy atom. The molecule has 2 aromatic rings. The maximum Gasteiger partial charge on any atom is 0.410 e. The Kier molecular flexibility index (Phi) is 4.56. The van der Waals surface area contributed by atoms with Crippen molar-refractivity contribution in [3.8, 4) is 0 Å². The summed E-state index contributed by atoms with van der Waals surface area (Å²) in [6.07, 6.45) is 1.16. The molecule has 1 N–H and O–H groups in total. The fourth-order valence-electron chi connectivity index (χ4n) is 2.43. The summed E-state index contributed by atoms with van der Waals surface area (Å²) in [6, 6.07) is 11.0. The number of benzene rings is 1. The van der Waals surface area contributed by atoms with E-state index in [4.69, 9.17) is 4.74 Å². The molecular formula is C16H18N4O3. The largest absolute Gasteiger partial charge is 0.445 e. The van der Waals surface area contributed by atoms with Crippen LogP contribution in [0.25, 0.3) is 0 Å². The SMILES string of the molecule is O=C(OCc1ccccc1)N1CCN(c2nccc(=O)[nH]2)CC1. The molecule has 1 fully saturated rings. The third kappa shape index (κ3) is 3.88. The van der Waals surface area contributed by atoms with Gasteiger partial charge in [-0.05, 0) is 5.56 Å². The maximum absolute atomic E-state index is 12.1. The minimum Gasteiger partial charge on any atom is -0.445 e. The second kappa shape index (κ2) is 6.95. The van der Waals surface area contributed by atoms with Gasteiger partial charge in [0.15, 0.2) is 0 Å². The molecule has 0 saturated carbocycles. The lowest BCUT2D eigenvalue weighted by atomic mass is 10.2. The van der Waals surface area contributed by atoms with Gasteiger partial charge in [0.05, 0.1) is 0 Å². The Hall–Kier alpha value is -2.83. The molecule has 0 bridgehead atoms. The van der Waals surface area contributed by atoms with E-state index in [1.54, 1.807) is 4.90 Å². The first-order valence-corrected chi connectivity index (χ1v) is 7.48. The Bertz CT molecular complexity index is 709. The highest BCUT2D eigenvalue weighted by atomic mass is 16.6. The smallest absolute Gasteiger partial charge is 0.410 e. The van der Waals surface area contributed by atoms with Gasteiger partial charge in [-0.2, -0.15) is 0 Å². The molecule has 0 spiro atoms. The van der Waals surface area contributed by atoms with Crippen molar-refractivity contribution in [2.45, 2.75) is 6.61 Å². The van der Waals surface area contributed by atoms with E-state index in [0.717, 1.165) is 5.56 Å². The molecule has 7 nitrogen and oxygen atoms in total. The van der Waals surface area contributed by atoms with Crippen molar-refractivity contribution in [1.82, 2.24) is 14.9 Å². The normalized spacial score (nSPS) is 14.6. The number of aromatic amines is 1. The van der Waals surface area contributed by atoms with Gasteiger partial charge in [-0.3, -0.25) is 9.78 Å². The maximum atomic E-state index is 12.1. The topological polar surface area (TPSA) is 78.5 Å². The molecule has 1 aliphatic rings.